The maximum Gasteiger partial charge on any atom is 0.331 e. The fraction of sp³-hybridized carbons (Fsp3) is 0.531. The summed E-state index contributed by atoms with van der Waals surface area (Å²) in [6, 6.07) is 0. The van der Waals surface area contributed by atoms with Crippen molar-refractivity contribution in [2.45, 2.75) is 73.5 Å². The van der Waals surface area contributed by atoms with Crippen molar-refractivity contribution in [3.63, 3.8) is 0 Å². The van der Waals surface area contributed by atoms with Gasteiger partial charge in [-0.2, -0.15) is 0 Å². The summed E-state index contributed by atoms with van der Waals surface area (Å²) in [6.07, 6.45) is 16.0. The van der Waals surface area contributed by atoms with E-state index in [0.29, 0.717) is 12.0 Å². The second kappa shape index (κ2) is 16.8. The van der Waals surface area contributed by atoms with E-state index in [1.807, 2.05) is 51.2 Å². The van der Waals surface area contributed by atoms with E-state index in [4.69, 9.17) is 9.84 Å². The lowest BCUT2D eigenvalue weighted by molar-refractivity contribution is -0.143. The van der Waals surface area contributed by atoms with Gasteiger partial charge in [-0.3, -0.25) is 4.79 Å². The lowest BCUT2D eigenvalue weighted by atomic mass is 9.82. The highest BCUT2D eigenvalue weighted by Gasteiger charge is 2.30. The summed E-state index contributed by atoms with van der Waals surface area (Å²) in [5.74, 6) is -2.98. The van der Waals surface area contributed by atoms with E-state index < -0.39 is 23.9 Å². The normalized spacial score (nSPS) is 23.0. The molecule has 7 heteroatoms. The van der Waals surface area contributed by atoms with E-state index in [1.54, 1.807) is 26.8 Å². The standard InChI is InChI=1S/C32H46O7/c1-20(15-22(3)11-13-28-24(5)12-14-30(36)39-28)9-8-10-21(2)17-27(19-33)32(38)26(7)31(37)25(6)16-23(4)18-29(34)35/h8,10-15,17-18,20,24-28,31,33,37H,9,16,19H2,1-7H3,(H,34,35)/b10-8+,13-11+,21-17+,22-15-,23-18+. The Kier molecular flexibility index (Phi) is 14.7. The van der Waals surface area contributed by atoms with E-state index in [2.05, 4.69) is 13.0 Å². The number of carbonyl (C=O) groups excluding carboxylic acids is 2. The van der Waals surface area contributed by atoms with Crippen LogP contribution in [0.3, 0.4) is 0 Å². The predicted octanol–water partition coefficient (Wildman–Crippen LogP) is 5.37. The van der Waals surface area contributed by atoms with Crippen LogP contribution < -0.4 is 0 Å². The number of hydrogen-bond donors (Lipinski definition) is 3. The van der Waals surface area contributed by atoms with Gasteiger partial charge in [0.2, 0.25) is 0 Å². The lowest BCUT2D eigenvalue weighted by Crippen LogP contribution is -2.35. The minimum absolute atomic E-state index is 0.135. The van der Waals surface area contributed by atoms with Crippen molar-refractivity contribution in [1.29, 1.82) is 0 Å². The molecule has 7 unspecified atom stereocenters. The number of rotatable bonds is 15. The number of allylic oxidation sites excluding steroid dienone is 7. The van der Waals surface area contributed by atoms with Gasteiger partial charge in [0.15, 0.2) is 0 Å². The zero-order valence-electron chi connectivity index (χ0n) is 24.3. The Balaban J connectivity index is 2.71. The van der Waals surface area contributed by atoms with Crippen LogP contribution in [0.2, 0.25) is 0 Å². The molecule has 0 aromatic heterocycles. The summed E-state index contributed by atoms with van der Waals surface area (Å²) in [6.45, 7) is 12.7. The summed E-state index contributed by atoms with van der Waals surface area (Å²) in [5.41, 5.74) is 2.53. The lowest BCUT2D eigenvalue weighted by Gasteiger charge is -2.26. The van der Waals surface area contributed by atoms with Gasteiger partial charge in [-0.25, -0.2) is 9.59 Å². The highest BCUT2D eigenvalue weighted by atomic mass is 16.5. The molecule has 0 aromatic carbocycles. The van der Waals surface area contributed by atoms with Crippen LogP contribution in [0, 0.1) is 29.6 Å². The van der Waals surface area contributed by atoms with E-state index >= 15 is 0 Å². The summed E-state index contributed by atoms with van der Waals surface area (Å²) in [7, 11) is 0. The molecule has 1 rings (SSSR count). The Hall–Kier alpha value is -3.03. The first kappa shape index (κ1) is 34.0. The number of aliphatic hydroxyl groups is 2. The van der Waals surface area contributed by atoms with Crippen LogP contribution in [0.5, 0.6) is 0 Å². The molecule has 1 aliphatic rings. The van der Waals surface area contributed by atoms with Gasteiger partial charge in [-0.05, 0) is 51.5 Å². The number of hydrogen-bond acceptors (Lipinski definition) is 6. The summed E-state index contributed by atoms with van der Waals surface area (Å²) in [4.78, 5) is 35.3. The van der Waals surface area contributed by atoms with Gasteiger partial charge >= 0.3 is 11.9 Å². The molecule has 3 N–H and O–H groups in total. The van der Waals surface area contributed by atoms with Crippen molar-refractivity contribution in [2.24, 2.45) is 29.6 Å². The average Bonchev–Trinajstić information content (AvgIpc) is 2.85. The molecule has 7 atom stereocenters. The largest absolute Gasteiger partial charge is 0.478 e. The Morgan fingerprint density at radius 3 is 2.33 bits per heavy atom. The van der Waals surface area contributed by atoms with Crippen LogP contribution >= 0.6 is 0 Å². The molecular formula is C32H46O7. The first-order chi connectivity index (χ1) is 18.2. The SMILES string of the molecule is CC(=C/C(C)C/C=C/C(C)=C/C(CO)C(=O)C(C)C(O)C(C)C/C(C)=C/C(=O)O)/C=C/C1OC(=O)C=CC1C. The Morgan fingerprint density at radius 2 is 1.72 bits per heavy atom. The Labute approximate surface area is 233 Å². The number of aliphatic hydroxyl groups excluding tert-OH is 2. The quantitative estimate of drug-likeness (QED) is 0.145. The molecule has 0 amide bonds. The van der Waals surface area contributed by atoms with Gasteiger partial charge in [0, 0.05) is 24.0 Å². The number of Topliss-reactive ketones (excluding diaryl/α,β-unsaturated/α-hetero) is 1. The van der Waals surface area contributed by atoms with Crippen LogP contribution in [-0.4, -0.2) is 51.9 Å². The topological polar surface area (TPSA) is 121 Å². The molecule has 7 nitrogen and oxygen atoms in total. The molecule has 216 valence electrons. The minimum atomic E-state index is -1.04. The first-order valence-electron chi connectivity index (χ1n) is 13.6. The van der Waals surface area contributed by atoms with E-state index in [9.17, 15) is 24.6 Å². The Morgan fingerprint density at radius 1 is 1.08 bits per heavy atom. The number of ketones is 1. The van der Waals surface area contributed by atoms with Gasteiger partial charge in [0.25, 0.3) is 0 Å². The number of carbonyl (C=O) groups is 3. The van der Waals surface area contributed by atoms with E-state index in [1.165, 1.54) is 6.08 Å². The van der Waals surface area contributed by atoms with Gasteiger partial charge < -0.3 is 20.1 Å². The smallest absolute Gasteiger partial charge is 0.331 e. The number of cyclic esters (lactones) is 1. The van der Waals surface area contributed by atoms with Crippen molar-refractivity contribution in [3.05, 3.63) is 71.4 Å². The van der Waals surface area contributed by atoms with Crippen LogP contribution in [0.25, 0.3) is 0 Å². The third-order valence-electron chi connectivity index (χ3n) is 6.88. The zero-order chi connectivity index (χ0) is 29.7. The van der Waals surface area contributed by atoms with Gasteiger partial charge in [0.05, 0.1) is 18.6 Å². The molecule has 0 aromatic rings. The van der Waals surface area contributed by atoms with E-state index in [-0.39, 0.29) is 42.2 Å². The average molecular weight is 543 g/mol. The van der Waals surface area contributed by atoms with Crippen molar-refractivity contribution >= 4 is 17.7 Å². The van der Waals surface area contributed by atoms with Crippen LogP contribution in [0.4, 0.5) is 0 Å². The molecule has 0 aliphatic carbocycles. The molecule has 0 spiro atoms. The molecule has 0 bridgehead atoms. The van der Waals surface area contributed by atoms with Crippen LogP contribution in [-0.2, 0) is 19.1 Å². The molecule has 1 heterocycles. The maximum atomic E-state index is 13.0. The number of carboxylic acid groups (broad SMARTS) is 1. The molecule has 0 saturated carbocycles. The van der Waals surface area contributed by atoms with Crippen molar-refractivity contribution in [1.82, 2.24) is 0 Å². The first-order valence-corrected chi connectivity index (χ1v) is 13.6. The van der Waals surface area contributed by atoms with Gasteiger partial charge in [0.1, 0.15) is 11.9 Å². The van der Waals surface area contributed by atoms with Crippen molar-refractivity contribution < 1.29 is 34.4 Å². The second-order valence-corrected chi connectivity index (χ2v) is 10.9. The van der Waals surface area contributed by atoms with Gasteiger partial charge in [-0.1, -0.05) is 80.9 Å². The zero-order valence-corrected chi connectivity index (χ0v) is 24.3. The highest BCUT2D eigenvalue weighted by molar-refractivity contribution is 5.85. The molecule has 1 aliphatic heterocycles. The molecule has 39 heavy (non-hydrogen) atoms. The third kappa shape index (κ3) is 12.6. The summed E-state index contributed by atoms with van der Waals surface area (Å²) >= 11 is 0. The molecule has 0 radical (unpaired) electrons. The predicted molar refractivity (Wildman–Crippen MR) is 154 cm³/mol. The summed E-state index contributed by atoms with van der Waals surface area (Å²) < 4.78 is 5.34. The highest BCUT2D eigenvalue weighted by Crippen LogP contribution is 2.24. The number of esters is 1. The van der Waals surface area contributed by atoms with Crippen LogP contribution in [0.1, 0.15) is 61.3 Å². The fourth-order valence-corrected chi connectivity index (χ4v) is 4.62. The van der Waals surface area contributed by atoms with Crippen LogP contribution in [0.15, 0.2) is 71.4 Å². The van der Waals surface area contributed by atoms with E-state index in [0.717, 1.165) is 23.6 Å². The number of ether oxygens (including phenoxy) is 1. The minimum Gasteiger partial charge on any atom is -0.478 e. The fourth-order valence-electron chi connectivity index (χ4n) is 4.62. The number of carboxylic acids is 1. The summed E-state index contributed by atoms with van der Waals surface area (Å²) in [5, 5.41) is 29.4. The van der Waals surface area contributed by atoms with Crippen molar-refractivity contribution in [2.75, 3.05) is 6.61 Å². The monoisotopic (exact) mass is 542 g/mol. The second-order valence-electron chi connectivity index (χ2n) is 10.9. The van der Waals surface area contributed by atoms with Crippen molar-refractivity contribution in [3.8, 4) is 0 Å². The van der Waals surface area contributed by atoms with Gasteiger partial charge in [-0.15, -0.1) is 0 Å². The third-order valence-corrected chi connectivity index (χ3v) is 6.88. The maximum absolute atomic E-state index is 13.0. The molecule has 0 fully saturated rings. The number of aliphatic carboxylic acids is 1. The molecule has 0 saturated heterocycles. The Bertz CT molecular complexity index is 1030. The molecular weight excluding hydrogens is 496 g/mol.